The van der Waals surface area contributed by atoms with Crippen molar-refractivity contribution in [2.45, 2.75) is 43.5 Å². The van der Waals surface area contributed by atoms with Crippen molar-refractivity contribution in [1.82, 2.24) is 4.72 Å². The second kappa shape index (κ2) is 6.66. The first kappa shape index (κ1) is 16.8. The minimum absolute atomic E-state index is 0.0853. The third kappa shape index (κ3) is 3.59. The Labute approximate surface area is 130 Å². The van der Waals surface area contributed by atoms with Gasteiger partial charge in [0.05, 0.1) is 12.7 Å². The molecule has 0 bridgehead atoms. The number of nitrogens with one attached hydrogen (secondary N) is 1. The quantitative estimate of drug-likeness (QED) is 0.865. The van der Waals surface area contributed by atoms with Crippen LogP contribution >= 0.6 is 0 Å². The van der Waals surface area contributed by atoms with E-state index >= 15 is 0 Å². The molecule has 1 aliphatic carbocycles. The summed E-state index contributed by atoms with van der Waals surface area (Å²) in [5, 5.41) is 9.05. The molecule has 2 rings (SSSR count). The lowest BCUT2D eigenvalue weighted by atomic mass is 9.87. The summed E-state index contributed by atoms with van der Waals surface area (Å²) in [5.41, 5.74) is -0.0853. The minimum Gasteiger partial charge on any atom is -0.495 e. The summed E-state index contributed by atoms with van der Waals surface area (Å²) in [7, 11) is -2.47. The topological polar surface area (TPSA) is 92.7 Å². The highest BCUT2D eigenvalue weighted by molar-refractivity contribution is 7.89. The summed E-state index contributed by atoms with van der Waals surface area (Å²) in [5.74, 6) is -0.775. The van der Waals surface area contributed by atoms with E-state index in [0.29, 0.717) is 0 Å². The van der Waals surface area contributed by atoms with Crippen LogP contribution in [0.4, 0.5) is 0 Å². The van der Waals surface area contributed by atoms with Gasteiger partial charge in [0.2, 0.25) is 10.0 Å². The Balaban J connectivity index is 2.35. The summed E-state index contributed by atoms with van der Waals surface area (Å²) >= 11 is 0. The maximum absolute atomic E-state index is 12.6. The number of carboxylic acids is 1. The SMILES string of the molecule is COc1ccc(C(=O)O)cc1S(=O)(=O)N[C@@H]1CCCC[C@@H]1C. The Morgan fingerprint density at radius 1 is 1.32 bits per heavy atom. The van der Waals surface area contributed by atoms with Gasteiger partial charge in [0.15, 0.2) is 0 Å². The van der Waals surface area contributed by atoms with E-state index in [1.54, 1.807) is 0 Å². The van der Waals surface area contributed by atoms with Crippen LogP contribution in [0.1, 0.15) is 43.0 Å². The van der Waals surface area contributed by atoms with Gasteiger partial charge in [-0.05, 0) is 37.0 Å². The molecule has 0 spiro atoms. The summed E-state index contributed by atoms with van der Waals surface area (Å²) in [4.78, 5) is 10.9. The average molecular weight is 327 g/mol. The predicted molar refractivity (Wildman–Crippen MR) is 81.7 cm³/mol. The summed E-state index contributed by atoms with van der Waals surface area (Å²) in [6, 6.07) is 3.69. The van der Waals surface area contributed by atoms with Gasteiger partial charge in [0.1, 0.15) is 10.6 Å². The molecular formula is C15H21NO5S. The lowest BCUT2D eigenvalue weighted by Gasteiger charge is -2.29. The van der Waals surface area contributed by atoms with Crippen LogP contribution in [0.15, 0.2) is 23.1 Å². The largest absolute Gasteiger partial charge is 0.495 e. The Bertz CT molecular complexity index is 656. The number of aromatic carboxylic acids is 1. The molecule has 0 saturated heterocycles. The molecule has 0 aliphatic heterocycles. The van der Waals surface area contributed by atoms with E-state index in [9.17, 15) is 13.2 Å². The number of hydrogen-bond acceptors (Lipinski definition) is 4. The van der Waals surface area contributed by atoms with Gasteiger partial charge in [0, 0.05) is 6.04 Å². The predicted octanol–water partition coefficient (Wildman–Crippen LogP) is 2.25. The summed E-state index contributed by atoms with van der Waals surface area (Å²) in [6.07, 6.45) is 3.88. The van der Waals surface area contributed by atoms with E-state index in [1.165, 1.54) is 19.2 Å². The van der Waals surface area contributed by atoms with Gasteiger partial charge in [0.25, 0.3) is 0 Å². The smallest absolute Gasteiger partial charge is 0.335 e. The molecule has 0 aromatic heterocycles. The second-order valence-electron chi connectivity index (χ2n) is 5.66. The van der Waals surface area contributed by atoms with Crippen LogP contribution in [0.3, 0.4) is 0 Å². The minimum atomic E-state index is -3.83. The Morgan fingerprint density at radius 2 is 2.00 bits per heavy atom. The summed E-state index contributed by atoms with van der Waals surface area (Å²) < 4.78 is 33.0. The third-order valence-corrected chi connectivity index (χ3v) is 5.63. The first-order valence-corrected chi connectivity index (χ1v) is 8.77. The summed E-state index contributed by atoms with van der Waals surface area (Å²) in [6.45, 7) is 2.03. The molecule has 0 heterocycles. The highest BCUT2D eigenvalue weighted by Gasteiger charge is 2.29. The lowest BCUT2D eigenvalue weighted by molar-refractivity contribution is 0.0696. The van der Waals surface area contributed by atoms with Crippen LogP contribution in [0.2, 0.25) is 0 Å². The molecule has 1 fully saturated rings. The number of carboxylic acid groups (broad SMARTS) is 1. The van der Waals surface area contributed by atoms with E-state index in [1.807, 2.05) is 6.92 Å². The molecule has 22 heavy (non-hydrogen) atoms. The normalized spacial score (nSPS) is 22.3. The van der Waals surface area contributed by atoms with Crippen molar-refractivity contribution in [2.24, 2.45) is 5.92 Å². The standard InChI is InChI=1S/C15H21NO5S/c1-10-5-3-4-6-12(10)16-22(19,20)14-9-11(15(17)18)7-8-13(14)21-2/h7-10,12,16H,3-6H2,1-2H3,(H,17,18)/t10-,12+/m0/s1. The number of carbonyl (C=O) groups is 1. The number of benzene rings is 1. The maximum atomic E-state index is 12.6. The van der Waals surface area contributed by atoms with Gasteiger partial charge in [-0.1, -0.05) is 19.8 Å². The molecule has 0 amide bonds. The highest BCUT2D eigenvalue weighted by atomic mass is 32.2. The number of rotatable bonds is 5. The zero-order valence-electron chi connectivity index (χ0n) is 12.7. The monoisotopic (exact) mass is 327 g/mol. The Kier molecular flexibility index (Phi) is 5.08. The molecule has 2 N–H and O–H groups in total. The molecule has 7 heteroatoms. The molecule has 1 aromatic rings. The molecule has 1 aromatic carbocycles. The van der Waals surface area contributed by atoms with Crippen molar-refractivity contribution < 1.29 is 23.1 Å². The van der Waals surface area contributed by atoms with Crippen LogP contribution in [0.5, 0.6) is 5.75 Å². The van der Waals surface area contributed by atoms with Crippen LogP contribution in [0.25, 0.3) is 0 Å². The third-order valence-electron chi connectivity index (χ3n) is 4.12. The van der Waals surface area contributed by atoms with E-state index in [-0.39, 0.29) is 28.2 Å². The van der Waals surface area contributed by atoms with Gasteiger partial charge in [-0.15, -0.1) is 0 Å². The van der Waals surface area contributed by atoms with E-state index in [0.717, 1.165) is 31.7 Å². The van der Waals surface area contributed by atoms with Crippen molar-refractivity contribution in [2.75, 3.05) is 7.11 Å². The first-order chi connectivity index (χ1) is 10.3. The molecule has 1 aliphatic rings. The van der Waals surface area contributed by atoms with Crippen LogP contribution in [0, 0.1) is 5.92 Å². The van der Waals surface area contributed by atoms with Gasteiger partial charge >= 0.3 is 5.97 Å². The molecule has 0 unspecified atom stereocenters. The van der Waals surface area contributed by atoms with Crippen LogP contribution < -0.4 is 9.46 Å². The van der Waals surface area contributed by atoms with Crippen LogP contribution in [-0.2, 0) is 10.0 Å². The number of hydrogen-bond donors (Lipinski definition) is 2. The number of sulfonamides is 1. The van der Waals surface area contributed by atoms with Crippen molar-refractivity contribution >= 4 is 16.0 Å². The average Bonchev–Trinajstić information content (AvgIpc) is 2.48. The number of ether oxygens (including phenoxy) is 1. The van der Waals surface area contributed by atoms with Gasteiger partial charge in [-0.25, -0.2) is 17.9 Å². The first-order valence-electron chi connectivity index (χ1n) is 7.29. The second-order valence-corrected chi connectivity index (χ2v) is 7.34. The van der Waals surface area contributed by atoms with Gasteiger partial charge < -0.3 is 9.84 Å². The van der Waals surface area contributed by atoms with Crippen molar-refractivity contribution in [1.29, 1.82) is 0 Å². The van der Waals surface area contributed by atoms with E-state index < -0.39 is 16.0 Å². The maximum Gasteiger partial charge on any atom is 0.335 e. The molecule has 0 radical (unpaired) electrons. The fraction of sp³-hybridized carbons (Fsp3) is 0.533. The van der Waals surface area contributed by atoms with Crippen molar-refractivity contribution in [3.63, 3.8) is 0 Å². The Morgan fingerprint density at radius 3 is 2.59 bits per heavy atom. The molecule has 1 saturated carbocycles. The zero-order chi connectivity index (χ0) is 16.3. The van der Waals surface area contributed by atoms with Gasteiger partial charge in [-0.2, -0.15) is 0 Å². The zero-order valence-corrected chi connectivity index (χ0v) is 13.5. The Hall–Kier alpha value is -1.60. The van der Waals surface area contributed by atoms with Gasteiger partial charge in [-0.3, -0.25) is 0 Å². The van der Waals surface area contributed by atoms with E-state index in [2.05, 4.69) is 4.72 Å². The number of methoxy groups -OCH3 is 1. The van der Waals surface area contributed by atoms with E-state index in [4.69, 9.17) is 9.84 Å². The van der Waals surface area contributed by atoms with Crippen molar-refractivity contribution in [3.05, 3.63) is 23.8 Å². The fourth-order valence-electron chi connectivity index (χ4n) is 2.77. The molecular weight excluding hydrogens is 306 g/mol. The molecule has 6 nitrogen and oxygen atoms in total. The fourth-order valence-corrected chi connectivity index (χ4v) is 4.35. The van der Waals surface area contributed by atoms with Crippen molar-refractivity contribution in [3.8, 4) is 5.75 Å². The molecule has 122 valence electrons. The lowest BCUT2D eigenvalue weighted by Crippen LogP contribution is -2.41. The highest BCUT2D eigenvalue weighted by Crippen LogP contribution is 2.29. The van der Waals surface area contributed by atoms with Crippen LogP contribution in [-0.4, -0.2) is 32.6 Å². The molecule has 2 atom stereocenters.